The molecule has 0 radical (unpaired) electrons. The summed E-state index contributed by atoms with van der Waals surface area (Å²) in [4.78, 5) is 24.1. The lowest BCUT2D eigenvalue weighted by molar-refractivity contribution is -0.161. The van der Waals surface area contributed by atoms with Crippen LogP contribution >= 0.6 is 0 Å². The van der Waals surface area contributed by atoms with Crippen molar-refractivity contribution in [1.29, 1.82) is 0 Å². The Bertz CT molecular complexity index is 851. The Hall–Kier alpha value is -2.70. The summed E-state index contributed by atoms with van der Waals surface area (Å²) in [6.07, 6.45) is 40.0. The minimum Gasteiger partial charge on any atom is -0.462 e. The summed E-state index contributed by atoms with van der Waals surface area (Å²) < 4.78 is 10.5. The Morgan fingerprint density at radius 2 is 1.25 bits per heavy atom. The molecule has 0 saturated heterocycles. The fourth-order valence-corrected chi connectivity index (χ4v) is 4.25. The van der Waals surface area contributed by atoms with Gasteiger partial charge in [0.25, 0.3) is 0 Å². The summed E-state index contributed by atoms with van der Waals surface area (Å²) in [7, 11) is 0. The first-order valence-electron chi connectivity index (χ1n) is 17.1. The standard InChI is InChI=1S/C38H62O6/c1-3-5-7-9-11-12-16-19-23-27-31-37(41)43-34-36(33-39)44-38(42)32-28-24-20-17-14-13-15-18-22-26-30-35(40)29-25-21-10-8-6-4-2/h6,8,13-14,18,20-22,24-26,30,35-36,39-40H,3-5,7,9-12,15-17,19,23,27-29,31-34H2,1-2H3/b8-6-,14-13-,22-18-,24-20-,25-21-,30-26+/t35?,36-/m0/s1. The third-order valence-corrected chi connectivity index (χ3v) is 6.86. The molecule has 6 nitrogen and oxygen atoms in total. The van der Waals surface area contributed by atoms with E-state index in [1.165, 1.54) is 44.9 Å². The Morgan fingerprint density at radius 1 is 0.659 bits per heavy atom. The van der Waals surface area contributed by atoms with Gasteiger partial charge in [-0.05, 0) is 44.9 Å². The van der Waals surface area contributed by atoms with Crippen molar-refractivity contribution < 1.29 is 29.3 Å². The van der Waals surface area contributed by atoms with E-state index in [-0.39, 0.29) is 25.6 Å². The Morgan fingerprint density at radius 3 is 1.91 bits per heavy atom. The molecule has 0 fully saturated rings. The van der Waals surface area contributed by atoms with Crippen LogP contribution in [0.15, 0.2) is 72.9 Å². The first-order chi connectivity index (χ1) is 21.5. The molecule has 2 N–H and O–H groups in total. The zero-order valence-corrected chi connectivity index (χ0v) is 27.8. The van der Waals surface area contributed by atoms with Crippen LogP contribution in [0.4, 0.5) is 0 Å². The lowest BCUT2D eigenvalue weighted by Gasteiger charge is -2.15. The molecule has 0 aliphatic rings. The third kappa shape index (κ3) is 30.7. The predicted molar refractivity (Wildman–Crippen MR) is 183 cm³/mol. The van der Waals surface area contributed by atoms with Crippen LogP contribution in [0, 0.1) is 0 Å². The molecule has 0 amide bonds. The number of carbonyl (C=O) groups is 2. The number of hydrogen-bond acceptors (Lipinski definition) is 6. The third-order valence-electron chi connectivity index (χ3n) is 6.86. The van der Waals surface area contributed by atoms with Gasteiger partial charge in [0.1, 0.15) is 6.61 Å². The molecule has 0 saturated carbocycles. The number of hydrogen-bond donors (Lipinski definition) is 2. The molecule has 0 heterocycles. The molecule has 0 aromatic rings. The van der Waals surface area contributed by atoms with Crippen molar-refractivity contribution in [3.05, 3.63) is 72.9 Å². The van der Waals surface area contributed by atoms with Gasteiger partial charge in [0.05, 0.1) is 12.7 Å². The van der Waals surface area contributed by atoms with Crippen molar-refractivity contribution in [2.75, 3.05) is 13.2 Å². The van der Waals surface area contributed by atoms with Crippen molar-refractivity contribution in [2.45, 2.75) is 142 Å². The highest BCUT2D eigenvalue weighted by Gasteiger charge is 2.15. The first-order valence-corrected chi connectivity index (χ1v) is 17.1. The van der Waals surface area contributed by atoms with E-state index in [0.717, 1.165) is 44.9 Å². The number of esters is 2. The van der Waals surface area contributed by atoms with Crippen LogP contribution < -0.4 is 0 Å². The van der Waals surface area contributed by atoms with Crippen LogP contribution in [0.25, 0.3) is 0 Å². The van der Waals surface area contributed by atoms with Gasteiger partial charge in [-0.25, -0.2) is 0 Å². The van der Waals surface area contributed by atoms with Crippen LogP contribution in [0.2, 0.25) is 0 Å². The molecule has 0 aliphatic carbocycles. The van der Waals surface area contributed by atoms with E-state index in [1.54, 1.807) is 6.08 Å². The van der Waals surface area contributed by atoms with Crippen molar-refractivity contribution in [1.82, 2.24) is 0 Å². The van der Waals surface area contributed by atoms with E-state index in [1.807, 2.05) is 36.5 Å². The maximum atomic E-state index is 12.1. The number of allylic oxidation sites excluding steroid dienone is 10. The molecule has 0 spiro atoms. The number of aliphatic hydroxyl groups is 2. The van der Waals surface area contributed by atoms with Gasteiger partial charge in [-0.1, -0.05) is 145 Å². The maximum Gasteiger partial charge on any atom is 0.306 e. The largest absolute Gasteiger partial charge is 0.462 e. The molecule has 0 aromatic heterocycles. The lowest BCUT2D eigenvalue weighted by atomic mass is 10.1. The smallest absolute Gasteiger partial charge is 0.306 e. The summed E-state index contributed by atoms with van der Waals surface area (Å²) in [5.41, 5.74) is 0. The van der Waals surface area contributed by atoms with Gasteiger partial charge < -0.3 is 19.7 Å². The van der Waals surface area contributed by atoms with E-state index in [2.05, 4.69) is 44.2 Å². The van der Waals surface area contributed by atoms with Crippen LogP contribution in [0.1, 0.15) is 129 Å². The normalized spacial score (nSPS) is 13.8. The van der Waals surface area contributed by atoms with E-state index < -0.39 is 18.2 Å². The molecule has 44 heavy (non-hydrogen) atoms. The minimum atomic E-state index is -0.827. The van der Waals surface area contributed by atoms with Crippen molar-refractivity contribution in [3.8, 4) is 0 Å². The summed E-state index contributed by atoms with van der Waals surface area (Å²) in [6.45, 7) is 3.85. The van der Waals surface area contributed by atoms with Gasteiger partial charge in [0.15, 0.2) is 6.10 Å². The van der Waals surface area contributed by atoms with Crippen molar-refractivity contribution in [2.24, 2.45) is 0 Å². The Balaban J connectivity index is 3.85. The van der Waals surface area contributed by atoms with E-state index >= 15 is 0 Å². The van der Waals surface area contributed by atoms with E-state index in [9.17, 15) is 19.8 Å². The van der Waals surface area contributed by atoms with Gasteiger partial charge in [0, 0.05) is 12.8 Å². The zero-order chi connectivity index (χ0) is 32.4. The maximum absolute atomic E-state index is 12.1. The molecule has 250 valence electrons. The summed E-state index contributed by atoms with van der Waals surface area (Å²) in [5.74, 6) is -0.728. The van der Waals surface area contributed by atoms with Crippen molar-refractivity contribution in [3.63, 3.8) is 0 Å². The molecule has 2 atom stereocenters. The highest BCUT2D eigenvalue weighted by atomic mass is 16.6. The summed E-state index contributed by atoms with van der Waals surface area (Å²) >= 11 is 0. The Kier molecular flexibility index (Phi) is 31.2. The highest BCUT2D eigenvalue weighted by molar-refractivity contribution is 5.70. The number of ether oxygens (including phenoxy) is 2. The lowest BCUT2D eigenvalue weighted by Crippen LogP contribution is -2.28. The van der Waals surface area contributed by atoms with Crippen LogP contribution in [-0.4, -0.2) is 47.6 Å². The van der Waals surface area contributed by atoms with Gasteiger partial charge in [-0.3, -0.25) is 9.59 Å². The molecular weight excluding hydrogens is 552 g/mol. The molecule has 1 unspecified atom stereocenters. The van der Waals surface area contributed by atoms with E-state index in [4.69, 9.17) is 9.47 Å². The fourth-order valence-electron chi connectivity index (χ4n) is 4.25. The van der Waals surface area contributed by atoms with Crippen LogP contribution in [0.3, 0.4) is 0 Å². The van der Waals surface area contributed by atoms with Gasteiger partial charge in [-0.2, -0.15) is 0 Å². The molecule has 0 aliphatic heterocycles. The molecular formula is C38H62O6. The fraction of sp³-hybridized carbons (Fsp3) is 0.632. The number of aliphatic hydroxyl groups excluding tert-OH is 2. The van der Waals surface area contributed by atoms with Gasteiger partial charge >= 0.3 is 11.9 Å². The summed E-state index contributed by atoms with van der Waals surface area (Å²) in [6, 6.07) is 0. The monoisotopic (exact) mass is 614 g/mol. The van der Waals surface area contributed by atoms with Gasteiger partial charge in [0.2, 0.25) is 0 Å². The second-order valence-electron chi connectivity index (χ2n) is 11.1. The SMILES string of the molecule is CC/C=C\C/C=C\CC(O)/C=C/C=C\C/C=C\C/C=C\CCC(=O)O[C@@H](CO)COC(=O)CCCCCCCCCCCC. The van der Waals surface area contributed by atoms with E-state index in [0.29, 0.717) is 19.3 Å². The molecule has 0 aromatic carbocycles. The summed E-state index contributed by atoms with van der Waals surface area (Å²) in [5, 5.41) is 19.4. The topological polar surface area (TPSA) is 93.1 Å². The zero-order valence-electron chi connectivity index (χ0n) is 27.8. The Labute approximate surface area is 268 Å². The molecule has 0 bridgehead atoms. The average Bonchev–Trinajstić information content (AvgIpc) is 3.02. The minimum absolute atomic E-state index is 0.112. The molecule has 0 rings (SSSR count). The number of carbonyl (C=O) groups excluding carboxylic acids is 2. The second kappa shape index (κ2) is 33.2. The second-order valence-corrected chi connectivity index (χ2v) is 11.1. The van der Waals surface area contributed by atoms with Crippen molar-refractivity contribution >= 4 is 11.9 Å². The average molecular weight is 615 g/mol. The molecule has 6 heteroatoms. The predicted octanol–water partition coefficient (Wildman–Crippen LogP) is 9.19. The number of rotatable bonds is 29. The van der Waals surface area contributed by atoms with Crippen LogP contribution in [-0.2, 0) is 19.1 Å². The first kappa shape index (κ1) is 41.3. The highest BCUT2D eigenvalue weighted by Crippen LogP contribution is 2.12. The number of unbranched alkanes of at least 4 members (excludes halogenated alkanes) is 9. The van der Waals surface area contributed by atoms with Gasteiger partial charge in [-0.15, -0.1) is 0 Å². The quantitative estimate of drug-likeness (QED) is 0.0378. The van der Waals surface area contributed by atoms with Crippen LogP contribution in [0.5, 0.6) is 0 Å².